The Morgan fingerprint density at radius 3 is 2.82 bits per heavy atom. The van der Waals surface area contributed by atoms with Gasteiger partial charge in [0.15, 0.2) is 0 Å². The van der Waals surface area contributed by atoms with E-state index in [9.17, 15) is 9.59 Å². The molecule has 1 aromatic carbocycles. The molecule has 1 aliphatic carbocycles. The van der Waals surface area contributed by atoms with Gasteiger partial charge >= 0.3 is 6.09 Å². The van der Waals surface area contributed by atoms with Crippen LogP contribution in [0.3, 0.4) is 0 Å². The summed E-state index contributed by atoms with van der Waals surface area (Å²) >= 11 is 6.10. The number of rotatable bonds is 6. The number of anilines is 2. The van der Waals surface area contributed by atoms with Crippen LogP contribution in [0.25, 0.3) is 11.5 Å². The normalized spacial score (nSPS) is 18.3. The van der Waals surface area contributed by atoms with Gasteiger partial charge < -0.3 is 14.6 Å². The Hall–Kier alpha value is -3.39. The Balaban J connectivity index is 1.40. The van der Waals surface area contributed by atoms with E-state index >= 15 is 0 Å². The number of amides is 2. The number of pyridine rings is 1. The maximum atomic E-state index is 12.5. The molecule has 2 amide bonds. The molecule has 9 heteroatoms. The first-order valence-corrected chi connectivity index (χ1v) is 11.1. The lowest BCUT2D eigenvalue weighted by Gasteiger charge is -2.20. The first kappa shape index (κ1) is 21.5. The summed E-state index contributed by atoms with van der Waals surface area (Å²) in [5, 5.41) is 9.92. The van der Waals surface area contributed by atoms with Crippen LogP contribution in [-0.4, -0.2) is 22.1 Å². The largest absolute Gasteiger partial charge is 0.444 e. The molecule has 4 rings (SSSR count). The van der Waals surface area contributed by atoms with Crippen molar-refractivity contribution >= 4 is 35.0 Å². The molecule has 0 bridgehead atoms. The Morgan fingerprint density at radius 2 is 2.06 bits per heavy atom. The molecular formula is C24H25ClN4O4. The maximum Gasteiger partial charge on any atom is 0.412 e. The summed E-state index contributed by atoms with van der Waals surface area (Å²) in [4.78, 5) is 29.2. The Bertz CT molecular complexity index is 1170. The van der Waals surface area contributed by atoms with Crippen molar-refractivity contribution in [2.24, 2.45) is 5.92 Å². The van der Waals surface area contributed by atoms with Gasteiger partial charge in [0.05, 0.1) is 11.9 Å². The highest BCUT2D eigenvalue weighted by Gasteiger charge is 2.22. The minimum Gasteiger partial charge on any atom is -0.444 e. The summed E-state index contributed by atoms with van der Waals surface area (Å²) in [6.45, 7) is 1.70. The van der Waals surface area contributed by atoms with Gasteiger partial charge in [-0.15, -0.1) is 0 Å². The van der Waals surface area contributed by atoms with Crippen LogP contribution in [0, 0.1) is 12.8 Å². The first-order valence-electron chi connectivity index (χ1n) is 11.3. The van der Waals surface area contributed by atoms with E-state index in [2.05, 4.69) is 20.8 Å². The predicted octanol–water partition coefficient (Wildman–Crippen LogP) is 5.97. The van der Waals surface area contributed by atoms with Crippen LogP contribution in [-0.2, 0) is 16.1 Å². The molecule has 3 aromatic rings. The van der Waals surface area contributed by atoms with Gasteiger partial charge in [-0.05, 0) is 37.9 Å². The molecule has 8 nitrogen and oxygen atoms in total. The average molecular weight is 470 g/mol. The number of aryl methyl sites for hydroxylation is 1. The van der Waals surface area contributed by atoms with Crippen LogP contribution in [0.15, 0.2) is 47.1 Å². The average Bonchev–Trinajstić information content (AvgIpc) is 3.19. The number of halogens is 1. The van der Waals surface area contributed by atoms with Gasteiger partial charge in [-0.1, -0.05) is 54.2 Å². The second kappa shape index (κ2) is 10.5. The molecule has 2 unspecified atom stereocenters. The summed E-state index contributed by atoms with van der Waals surface area (Å²) in [6.07, 6.45) is 3.88. The molecule has 1 fully saturated rings. The highest BCUT2D eigenvalue weighted by Crippen LogP contribution is 2.31. The number of aromatic nitrogens is 2. The van der Waals surface area contributed by atoms with Crippen molar-refractivity contribution in [2.45, 2.75) is 45.6 Å². The molecule has 172 valence electrons. The van der Waals surface area contributed by atoms with Crippen molar-refractivity contribution in [1.29, 1.82) is 0 Å². The second-order valence-corrected chi connectivity index (χ2v) is 8.22. The fraction of sp³-hybridized carbons (Fsp3) is 0.333. The summed E-state index contributed by atoms with van der Waals surface area (Å²) in [5.41, 5.74) is 2.44. The van der Waals surface area contributed by atoms with Gasteiger partial charge in [0.2, 0.25) is 11.7 Å². The summed E-state index contributed by atoms with van der Waals surface area (Å²) in [6, 6.07) is 10.5. The molecular weight excluding hydrogens is 444 g/mol. The van der Waals surface area contributed by atoms with E-state index in [1.807, 2.05) is 6.07 Å². The molecule has 33 heavy (non-hydrogen) atoms. The van der Waals surface area contributed by atoms with Gasteiger partial charge in [0.1, 0.15) is 23.7 Å². The Morgan fingerprint density at radius 1 is 1.21 bits per heavy atom. The number of nitrogens with one attached hydrogen (secondary N) is 2. The van der Waals surface area contributed by atoms with Crippen molar-refractivity contribution in [3.8, 4) is 11.5 Å². The molecule has 0 aliphatic heterocycles. The number of hydrogen-bond acceptors (Lipinski definition) is 6. The lowest BCUT2D eigenvalue weighted by atomic mass is 9.88. The molecule has 0 radical (unpaired) electrons. The van der Waals surface area contributed by atoms with Gasteiger partial charge in [0.25, 0.3) is 0 Å². The molecule has 2 aromatic heterocycles. The van der Waals surface area contributed by atoms with Crippen molar-refractivity contribution in [2.75, 3.05) is 10.6 Å². The van der Waals surface area contributed by atoms with Crippen LogP contribution >= 0.6 is 11.6 Å². The lowest BCUT2D eigenvalue weighted by molar-refractivity contribution is -0.120. The first-order chi connectivity index (χ1) is 16.4. The number of benzene rings is 1. The third-order valence-electron chi connectivity index (χ3n) is 5.43. The zero-order valence-corrected chi connectivity index (χ0v) is 18.9. The Labute approximate surface area is 198 Å². The van der Waals surface area contributed by atoms with E-state index in [1.165, 1.54) is 6.20 Å². The van der Waals surface area contributed by atoms with E-state index in [4.69, 9.17) is 22.2 Å². The van der Waals surface area contributed by atoms with Gasteiger partial charge in [-0.2, -0.15) is 0 Å². The number of nitrogens with zero attached hydrogens (tertiary/aromatic N) is 2. The highest BCUT2D eigenvalue weighted by atomic mass is 35.5. The molecule has 2 heterocycles. The Kier molecular flexibility index (Phi) is 6.82. The SMILES string of the molecule is [2H]C1CCCCC1C(=O)Nc1ccc(-c2onc(C)c2NC(=O)OCc2ccccc2Cl)nc1. The maximum absolute atomic E-state index is 12.5. The van der Waals surface area contributed by atoms with Crippen LogP contribution in [0.1, 0.15) is 44.7 Å². The second-order valence-electron chi connectivity index (χ2n) is 7.81. The molecule has 1 saturated carbocycles. The summed E-state index contributed by atoms with van der Waals surface area (Å²) < 4.78 is 18.7. The standard InChI is InChI=1S/C24H25ClN4O4/c1-15-21(28-24(31)32-14-17-9-5-6-10-19(17)25)22(33-29-15)20-12-11-18(13-26-20)27-23(30)16-7-3-2-4-8-16/h5-6,9-13,16H,2-4,7-8,14H2,1H3,(H,27,30)(H,28,31)/i7D. The van der Waals surface area contributed by atoms with Crippen molar-refractivity contribution in [1.82, 2.24) is 10.1 Å². The van der Waals surface area contributed by atoms with E-state index in [0.717, 1.165) is 25.7 Å². The minimum absolute atomic E-state index is 0.0119. The van der Waals surface area contributed by atoms with E-state index in [1.54, 1.807) is 37.3 Å². The van der Waals surface area contributed by atoms with E-state index in [0.29, 0.717) is 33.3 Å². The summed E-state index contributed by atoms with van der Waals surface area (Å²) in [5.74, 6) is -0.199. The van der Waals surface area contributed by atoms with Gasteiger partial charge in [0, 0.05) is 17.9 Å². The smallest absolute Gasteiger partial charge is 0.412 e. The van der Waals surface area contributed by atoms with Crippen molar-refractivity contribution in [3.05, 3.63) is 58.9 Å². The minimum atomic E-state index is -0.686. The topological polar surface area (TPSA) is 106 Å². The van der Waals surface area contributed by atoms with Gasteiger partial charge in [-0.3, -0.25) is 15.1 Å². The van der Waals surface area contributed by atoms with Crippen LogP contribution in [0.5, 0.6) is 0 Å². The van der Waals surface area contributed by atoms with Crippen molar-refractivity contribution < 1.29 is 20.2 Å². The zero-order valence-electron chi connectivity index (χ0n) is 19.1. The summed E-state index contributed by atoms with van der Waals surface area (Å²) in [7, 11) is 0. The monoisotopic (exact) mass is 469 g/mol. The van der Waals surface area contributed by atoms with Crippen LogP contribution < -0.4 is 10.6 Å². The fourth-order valence-electron chi connectivity index (χ4n) is 3.61. The lowest BCUT2D eigenvalue weighted by Crippen LogP contribution is -2.24. The third-order valence-corrected chi connectivity index (χ3v) is 5.80. The van der Waals surface area contributed by atoms with Crippen LogP contribution in [0.4, 0.5) is 16.2 Å². The number of carbonyl (C=O) groups excluding carboxylic acids is 2. The predicted molar refractivity (Wildman–Crippen MR) is 125 cm³/mol. The highest BCUT2D eigenvalue weighted by molar-refractivity contribution is 6.31. The fourth-order valence-corrected chi connectivity index (χ4v) is 3.80. The number of hydrogen-bond donors (Lipinski definition) is 2. The molecule has 0 saturated heterocycles. The number of carbonyl (C=O) groups is 2. The molecule has 2 atom stereocenters. The molecule has 0 spiro atoms. The molecule has 1 aliphatic rings. The van der Waals surface area contributed by atoms with Gasteiger partial charge in [-0.25, -0.2) is 4.79 Å². The third kappa shape index (κ3) is 5.70. The number of ether oxygens (including phenoxy) is 1. The van der Waals surface area contributed by atoms with E-state index in [-0.39, 0.29) is 30.6 Å². The van der Waals surface area contributed by atoms with Crippen LogP contribution in [0.2, 0.25) is 5.02 Å². The molecule has 2 N–H and O–H groups in total. The van der Waals surface area contributed by atoms with E-state index < -0.39 is 6.09 Å². The zero-order chi connectivity index (χ0) is 24.1. The quantitative estimate of drug-likeness (QED) is 0.461. The van der Waals surface area contributed by atoms with Crippen molar-refractivity contribution in [3.63, 3.8) is 0 Å².